The van der Waals surface area contributed by atoms with E-state index in [1.807, 2.05) is 13.8 Å². The molecule has 0 aromatic heterocycles. The highest BCUT2D eigenvalue weighted by molar-refractivity contribution is 4.78. The predicted molar refractivity (Wildman–Crippen MR) is 65.6 cm³/mol. The van der Waals surface area contributed by atoms with Crippen molar-refractivity contribution in [3.05, 3.63) is 0 Å². The van der Waals surface area contributed by atoms with Crippen molar-refractivity contribution in [1.82, 2.24) is 0 Å². The van der Waals surface area contributed by atoms with Gasteiger partial charge in [0, 0.05) is 6.42 Å². The quantitative estimate of drug-likeness (QED) is 0.579. The number of rotatable bonds is 8. The highest BCUT2D eigenvalue weighted by atomic mass is 19.3. The lowest BCUT2D eigenvalue weighted by Crippen LogP contribution is -2.39. The van der Waals surface area contributed by atoms with Gasteiger partial charge >= 0.3 is 0 Å². The Bertz CT molecular complexity index is 211. The van der Waals surface area contributed by atoms with Gasteiger partial charge < -0.3 is 16.6 Å². The van der Waals surface area contributed by atoms with Gasteiger partial charge in [-0.25, -0.2) is 8.78 Å². The lowest BCUT2D eigenvalue weighted by atomic mass is 9.94. The molecule has 0 aromatic carbocycles. The number of alkyl halides is 2. The van der Waals surface area contributed by atoms with Crippen molar-refractivity contribution in [3.63, 3.8) is 0 Å². The molecule has 5 N–H and O–H groups in total. The third-order valence-electron chi connectivity index (χ3n) is 3.10. The Labute approximate surface area is 103 Å². The number of hydrogen-bond donors (Lipinski definition) is 3. The van der Waals surface area contributed by atoms with Crippen LogP contribution in [0.25, 0.3) is 0 Å². The van der Waals surface area contributed by atoms with E-state index < -0.39 is 18.2 Å². The minimum atomic E-state index is -3.04. The van der Waals surface area contributed by atoms with Gasteiger partial charge in [-0.1, -0.05) is 20.8 Å². The van der Waals surface area contributed by atoms with Crippen LogP contribution in [0.2, 0.25) is 0 Å². The summed E-state index contributed by atoms with van der Waals surface area (Å²) in [5, 5.41) is 9.46. The topological polar surface area (TPSA) is 72.3 Å². The van der Waals surface area contributed by atoms with E-state index in [1.54, 1.807) is 6.92 Å². The first kappa shape index (κ1) is 16.7. The highest BCUT2D eigenvalue weighted by Gasteiger charge is 2.37. The normalized spacial score (nSPS) is 16.6. The summed E-state index contributed by atoms with van der Waals surface area (Å²) in [6, 6.07) is 0. The summed E-state index contributed by atoms with van der Waals surface area (Å²) in [6.07, 6.45) is -1.55. The first-order chi connectivity index (χ1) is 7.66. The Morgan fingerprint density at radius 2 is 1.59 bits per heavy atom. The highest BCUT2D eigenvalue weighted by Crippen LogP contribution is 2.30. The maximum Gasteiger partial charge on any atom is 0.273 e. The Hall–Kier alpha value is -0.260. The van der Waals surface area contributed by atoms with Crippen LogP contribution in [-0.4, -0.2) is 23.3 Å². The molecule has 0 radical (unpaired) electrons. The van der Waals surface area contributed by atoms with Gasteiger partial charge in [0.25, 0.3) is 5.92 Å². The van der Waals surface area contributed by atoms with Crippen LogP contribution in [0.5, 0.6) is 0 Å². The van der Waals surface area contributed by atoms with E-state index in [1.165, 1.54) is 0 Å². The van der Waals surface area contributed by atoms with Crippen LogP contribution < -0.4 is 11.5 Å². The molecule has 0 aromatic rings. The van der Waals surface area contributed by atoms with Gasteiger partial charge in [-0.2, -0.15) is 0 Å². The van der Waals surface area contributed by atoms with Crippen molar-refractivity contribution in [2.24, 2.45) is 23.3 Å². The number of hydrogen-bond acceptors (Lipinski definition) is 3. The van der Waals surface area contributed by atoms with Crippen LogP contribution in [0.4, 0.5) is 8.78 Å². The first-order valence-corrected chi connectivity index (χ1v) is 6.24. The van der Waals surface area contributed by atoms with Crippen LogP contribution in [0.1, 0.15) is 46.5 Å². The van der Waals surface area contributed by atoms with Crippen LogP contribution in [0.15, 0.2) is 0 Å². The first-order valence-electron chi connectivity index (χ1n) is 6.24. The second-order valence-electron chi connectivity index (χ2n) is 5.34. The summed E-state index contributed by atoms with van der Waals surface area (Å²) in [5.41, 5.74) is 10.8. The summed E-state index contributed by atoms with van der Waals surface area (Å²) in [7, 11) is 0. The summed E-state index contributed by atoms with van der Waals surface area (Å²) in [5.74, 6) is -2.90. The molecule has 0 aliphatic heterocycles. The standard InChI is InChI=1S/C12H26F2N2O/c1-8(2)4-5-10(17)12(13,14)7-6-9(3)11(15)16/h8-11,17H,4-7,15-16H2,1-3H3/t9-,10+/m0/s1. The summed E-state index contributed by atoms with van der Waals surface area (Å²) in [4.78, 5) is 0. The molecule has 5 heteroatoms. The monoisotopic (exact) mass is 252 g/mol. The third-order valence-corrected chi connectivity index (χ3v) is 3.10. The molecule has 0 fully saturated rings. The van der Waals surface area contributed by atoms with Crippen LogP contribution >= 0.6 is 0 Å². The van der Waals surface area contributed by atoms with Gasteiger partial charge in [-0.05, 0) is 31.1 Å². The molecule has 0 bridgehead atoms. The van der Waals surface area contributed by atoms with Gasteiger partial charge in [0.2, 0.25) is 0 Å². The van der Waals surface area contributed by atoms with E-state index in [4.69, 9.17) is 11.5 Å². The van der Waals surface area contributed by atoms with Gasteiger partial charge in [0.1, 0.15) is 6.10 Å². The maximum absolute atomic E-state index is 13.6. The Balaban J connectivity index is 4.08. The second-order valence-corrected chi connectivity index (χ2v) is 5.34. The molecule has 0 saturated carbocycles. The number of aliphatic hydroxyl groups is 1. The zero-order valence-electron chi connectivity index (χ0n) is 11.0. The van der Waals surface area contributed by atoms with Crippen molar-refractivity contribution < 1.29 is 13.9 Å². The molecule has 17 heavy (non-hydrogen) atoms. The molecule has 3 nitrogen and oxygen atoms in total. The van der Waals surface area contributed by atoms with E-state index in [-0.39, 0.29) is 25.2 Å². The lowest BCUT2D eigenvalue weighted by Gasteiger charge is -2.25. The SMILES string of the molecule is CC(C)CC[C@@H](O)C(F)(F)CC[C@H](C)C(N)N. The second kappa shape index (κ2) is 7.24. The Kier molecular flexibility index (Phi) is 7.13. The van der Waals surface area contributed by atoms with E-state index in [2.05, 4.69) is 0 Å². The predicted octanol–water partition coefficient (Wildman–Crippen LogP) is 2.08. The zero-order chi connectivity index (χ0) is 13.6. The van der Waals surface area contributed by atoms with Gasteiger partial charge in [-0.3, -0.25) is 0 Å². The number of halogens is 2. The van der Waals surface area contributed by atoms with Gasteiger partial charge in [0.05, 0.1) is 6.17 Å². The Morgan fingerprint density at radius 3 is 2.00 bits per heavy atom. The minimum Gasteiger partial charge on any atom is -0.387 e. The molecule has 0 saturated heterocycles. The third kappa shape index (κ3) is 6.91. The molecular formula is C12H26F2N2O. The number of aliphatic hydroxyl groups excluding tert-OH is 1. The molecule has 0 spiro atoms. The van der Waals surface area contributed by atoms with Crippen LogP contribution in [-0.2, 0) is 0 Å². The van der Waals surface area contributed by atoms with Crippen molar-refractivity contribution in [2.75, 3.05) is 0 Å². The minimum absolute atomic E-state index is 0.133. The summed E-state index contributed by atoms with van der Waals surface area (Å²) in [6.45, 7) is 5.63. The van der Waals surface area contributed by atoms with E-state index in [9.17, 15) is 13.9 Å². The van der Waals surface area contributed by atoms with Gasteiger partial charge in [-0.15, -0.1) is 0 Å². The fourth-order valence-electron chi connectivity index (χ4n) is 1.48. The lowest BCUT2D eigenvalue weighted by molar-refractivity contribution is -0.120. The van der Waals surface area contributed by atoms with Crippen molar-refractivity contribution in [1.29, 1.82) is 0 Å². The number of nitrogens with two attached hydrogens (primary N) is 2. The largest absolute Gasteiger partial charge is 0.387 e. The molecule has 2 atom stereocenters. The average Bonchev–Trinajstić information content (AvgIpc) is 2.22. The smallest absolute Gasteiger partial charge is 0.273 e. The fourth-order valence-corrected chi connectivity index (χ4v) is 1.48. The molecule has 0 unspecified atom stereocenters. The zero-order valence-corrected chi connectivity index (χ0v) is 11.0. The van der Waals surface area contributed by atoms with Crippen LogP contribution in [0, 0.1) is 11.8 Å². The maximum atomic E-state index is 13.6. The molecule has 0 aliphatic rings. The van der Waals surface area contributed by atoms with E-state index in [0.717, 1.165) is 0 Å². The van der Waals surface area contributed by atoms with Crippen molar-refractivity contribution in [2.45, 2.75) is 64.6 Å². The molecule has 0 aliphatic carbocycles. The summed E-state index contributed by atoms with van der Waals surface area (Å²) >= 11 is 0. The molecule has 104 valence electrons. The Morgan fingerprint density at radius 1 is 1.06 bits per heavy atom. The molecule has 0 heterocycles. The summed E-state index contributed by atoms with van der Waals surface area (Å²) < 4.78 is 27.1. The van der Waals surface area contributed by atoms with Crippen LogP contribution in [0.3, 0.4) is 0 Å². The van der Waals surface area contributed by atoms with E-state index >= 15 is 0 Å². The van der Waals surface area contributed by atoms with Crippen molar-refractivity contribution >= 4 is 0 Å². The van der Waals surface area contributed by atoms with Crippen molar-refractivity contribution in [3.8, 4) is 0 Å². The van der Waals surface area contributed by atoms with Gasteiger partial charge in [0.15, 0.2) is 0 Å². The molecular weight excluding hydrogens is 226 g/mol. The molecule has 0 amide bonds. The molecule has 0 rings (SSSR count). The average molecular weight is 252 g/mol. The van der Waals surface area contributed by atoms with E-state index in [0.29, 0.717) is 12.3 Å². The fraction of sp³-hybridized carbons (Fsp3) is 1.00.